The molecule has 1 aromatic heterocycles. The molecule has 2 aromatic rings. The molecule has 0 bridgehead atoms. The van der Waals surface area contributed by atoms with Gasteiger partial charge in [-0.3, -0.25) is 9.59 Å². The summed E-state index contributed by atoms with van der Waals surface area (Å²) >= 11 is 3.39. The maximum atomic E-state index is 13.7. The fourth-order valence-corrected chi connectivity index (χ4v) is 4.21. The van der Waals surface area contributed by atoms with Crippen molar-refractivity contribution in [3.8, 4) is 11.3 Å². The lowest BCUT2D eigenvalue weighted by Gasteiger charge is -2.43. The Bertz CT molecular complexity index is 982. The van der Waals surface area contributed by atoms with E-state index < -0.39 is 46.7 Å². The van der Waals surface area contributed by atoms with Crippen molar-refractivity contribution in [2.24, 2.45) is 5.92 Å². The minimum Gasteiger partial charge on any atom is -0.463 e. The predicted octanol–water partition coefficient (Wildman–Crippen LogP) is 3.20. The zero-order valence-corrected chi connectivity index (χ0v) is 19.0. The summed E-state index contributed by atoms with van der Waals surface area (Å²) in [7, 11) is 0. The number of carbonyl (C=O) groups excluding carboxylic acids is 2. The van der Waals surface area contributed by atoms with Crippen LogP contribution in [0.5, 0.6) is 0 Å². The largest absolute Gasteiger partial charge is 0.463 e. The van der Waals surface area contributed by atoms with Crippen LogP contribution in [0.1, 0.15) is 26.8 Å². The molecule has 0 aliphatic carbocycles. The molecule has 5 atom stereocenters. The van der Waals surface area contributed by atoms with Gasteiger partial charge in [0.2, 0.25) is 0 Å². The average Bonchev–Trinajstić information content (AvgIpc) is 3.20. The Morgan fingerprint density at radius 3 is 2.47 bits per heavy atom. The van der Waals surface area contributed by atoms with E-state index in [4.69, 9.17) is 14.2 Å². The van der Waals surface area contributed by atoms with E-state index in [9.17, 15) is 22.8 Å². The number of hydrogen-bond donors (Lipinski definition) is 0. The summed E-state index contributed by atoms with van der Waals surface area (Å²) in [6.45, 7) is 4.27. The minimum atomic E-state index is -1.58. The van der Waals surface area contributed by atoms with Crippen molar-refractivity contribution in [2.45, 2.75) is 44.0 Å². The van der Waals surface area contributed by atoms with E-state index in [1.54, 1.807) is 0 Å². The summed E-state index contributed by atoms with van der Waals surface area (Å²) in [5.41, 5.74) is 0.106. The average molecular weight is 520 g/mol. The zero-order chi connectivity index (χ0) is 23.6. The molecule has 32 heavy (non-hydrogen) atoms. The van der Waals surface area contributed by atoms with Crippen LogP contribution < -0.4 is 0 Å². The lowest BCUT2D eigenvalue weighted by atomic mass is 9.89. The van der Waals surface area contributed by atoms with E-state index in [1.165, 1.54) is 24.7 Å². The number of carbonyl (C=O) groups is 2. The van der Waals surface area contributed by atoms with E-state index in [0.29, 0.717) is 0 Å². The molecule has 8 nitrogen and oxygen atoms in total. The maximum Gasteiger partial charge on any atom is 0.302 e. The first-order chi connectivity index (χ1) is 15.1. The van der Waals surface area contributed by atoms with Gasteiger partial charge in [-0.05, 0) is 19.1 Å². The summed E-state index contributed by atoms with van der Waals surface area (Å²) < 4.78 is 58.8. The zero-order valence-electron chi connectivity index (χ0n) is 17.4. The Labute approximate surface area is 190 Å². The Hall–Kier alpha value is -2.31. The van der Waals surface area contributed by atoms with Gasteiger partial charge in [0.05, 0.1) is 18.3 Å². The van der Waals surface area contributed by atoms with Crippen molar-refractivity contribution in [1.82, 2.24) is 15.0 Å². The number of Topliss-reactive ketones (excluding diaryl/α,β-unsaturated/α-hetero) is 1. The molecule has 174 valence electrons. The third-order valence-electron chi connectivity index (χ3n) is 5.05. The van der Waals surface area contributed by atoms with E-state index in [1.807, 2.05) is 6.92 Å². The van der Waals surface area contributed by atoms with E-state index in [0.717, 1.165) is 12.1 Å². The van der Waals surface area contributed by atoms with Gasteiger partial charge >= 0.3 is 5.97 Å². The summed E-state index contributed by atoms with van der Waals surface area (Å²) in [5, 5.41) is 7.34. The van der Waals surface area contributed by atoms with Crippen LogP contribution in [0.2, 0.25) is 0 Å². The van der Waals surface area contributed by atoms with E-state index in [2.05, 4.69) is 26.2 Å². The van der Waals surface area contributed by atoms with Crippen LogP contribution in [-0.4, -0.2) is 57.2 Å². The fourth-order valence-electron chi connectivity index (χ4n) is 3.47. The number of aromatic nitrogens is 3. The highest BCUT2D eigenvalue weighted by atomic mass is 79.9. The number of esters is 1. The van der Waals surface area contributed by atoms with E-state index >= 15 is 0 Å². The minimum absolute atomic E-state index is 0.000391. The molecule has 1 aliphatic rings. The molecule has 1 aliphatic heterocycles. The highest BCUT2D eigenvalue weighted by Crippen LogP contribution is 2.39. The number of benzene rings is 1. The SMILES string of the molecule is CC(=O)COC1C(Br)OC(COC(C)=O)C(C)C1n1cc(-c2cc(F)c(F)c(F)c2)nn1. The molecule has 0 N–H and O–H groups in total. The van der Waals surface area contributed by atoms with Crippen LogP contribution in [0.3, 0.4) is 0 Å². The summed E-state index contributed by atoms with van der Waals surface area (Å²) in [6, 6.07) is 1.09. The summed E-state index contributed by atoms with van der Waals surface area (Å²) in [6.07, 6.45) is 0.197. The first-order valence-corrected chi connectivity index (χ1v) is 10.6. The number of hydrogen-bond acceptors (Lipinski definition) is 7. The number of nitrogens with zero attached hydrogens (tertiary/aromatic N) is 3. The smallest absolute Gasteiger partial charge is 0.302 e. The Balaban J connectivity index is 1.94. The lowest BCUT2D eigenvalue weighted by Crippen LogP contribution is -2.51. The lowest BCUT2D eigenvalue weighted by molar-refractivity contribution is -0.176. The molecule has 1 aromatic carbocycles. The standard InChI is InChI=1S/C20H21BrF3N3O5/c1-9(28)7-31-19-18(10(2)16(32-20(19)21)8-30-11(3)29)27-6-15(25-26-27)12-4-13(22)17(24)14(23)5-12/h4-6,10,16,18-20H,7-8H2,1-3H3. The number of alkyl halides is 1. The van der Waals surface area contributed by atoms with Crippen molar-refractivity contribution in [3.05, 3.63) is 35.8 Å². The molecule has 1 saturated heterocycles. The Morgan fingerprint density at radius 1 is 1.22 bits per heavy atom. The van der Waals surface area contributed by atoms with Crippen molar-refractivity contribution >= 4 is 27.7 Å². The number of ketones is 1. The first kappa shape index (κ1) is 24.3. The first-order valence-electron chi connectivity index (χ1n) is 9.69. The van der Waals surface area contributed by atoms with Crippen LogP contribution in [0.25, 0.3) is 11.3 Å². The number of halogens is 4. The van der Waals surface area contributed by atoms with Crippen molar-refractivity contribution < 1.29 is 37.0 Å². The second-order valence-corrected chi connectivity index (χ2v) is 8.40. The maximum absolute atomic E-state index is 13.7. The van der Waals surface area contributed by atoms with Crippen LogP contribution in [0, 0.1) is 23.4 Å². The monoisotopic (exact) mass is 519 g/mol. The third-order valence-corrected chi connectivity index (χ3v) is 5.79. The number of ether oxygens (including phenoxy) is 3. The molecule has 12 heteroatoms. The Kier molecular flexibility index (Phi) is 7.67. The van der Waals surface area contributed by atoms with Gasteiger partial charge in [-0.2, -0.15) is 0 Å². The van der Waals surface area contributed by atoms with Crippen LogP contribution in [0.15, 0.2) is 18.3 Å². The van der Waals surface area contributed by atoms with Crippen LogP contribution in [-0.2, 0) is 23.8 Å². The molecule has 0 amide bonds. The molecule has 1 fully saturated rings. The summed E-state index contributed by atoms with van der Waals surface area (Å²) in [5.74, 6) is -5.28. The van der Waals surface area contributed by atoms with Gasteiger partial charge in [0.25, 0.3) is 0 Å². The number of rotatable bonds is 7. The molecule has 0 saturated carbocycles. The van der Waals surface area contributed by atoms with Crippen molar-refractivity contribution in [2.75, 3.05) is 13.2 Å². The molecule has 2 heterocycles. The van der Waals surface area contributed by atoms with Gasteiger partial charge in [-0.25, -0.2) is 17.9 Å². The topological polar surface area (TPSA) is 92.5 Å². The molecule has 0 radical (unpaired) electrons. The molecular weight excluding hydrogens is 499 g/mol. The van der Waals surface area contributed by atoms with Gasteiger partial charge in [0, 0.05) is 18.4 Å². The van der Waals surface area contributed by atoms with Crippen molar-refractivity contribution in [1.29, 1.82) is 0 Å². The molecule has 3 rings (SSSR count). The van der Waals surface area contributed by atoms with E-state index in [-0.39, 0.29) is 36.2 Å². The van der Waals surface area contributed by atoms with Gasteiger partial charge in [0.15, 0.2) is 23.2 Å². The van der Waals surface area contributed by atoms with Crippen LogP contribution in [0.4, 0.5) is 13.2 Å². The van der Waals surface area contributed by atoms with Gasteiger partial charge < -0.3 is 14.2 Å². The normalized spacial score (nSPS) is 25.5. The highest BCUT2D eigenvalue weighted by Gasteiger charge is 2.45. The Morgan fingerprint density at radius 2 is 1.88 bits per heavy atom. The second kappa shape index (κ2) is 10.1. The van der Waals surface area contributed by atoms with Crippen molar-refractivity contribution in [3.63, 3.8) is 0 Å². The fraction of sp³-hybridized carbons (Fsp3) is 0.500. The predicted molar refractivity (Wildman–Crippen MR) is 108 cm³/mol. The van der Waals surface area contributed by atoms with Crippen LogP contribution >= 0.6 is 15.9 Å². The van der Waals surface area contributed by atoms with Gasteiger partial charge in [0.1, 0.15) is 30.0 Å². The van der Waals surface area contributed by atoms with Gasteiger partial charge in [-0.1, -0.05) is 28.1 Å². The third kappa shape index (κ3) is 5.36. The molecule has 5 unspecified atom stereocenters. The highest BCUT2D eigenvalue weighted by molar-refractivity contribution is 9.09. The quantitative estimate of drug-likeness (QED) is 0.315. The molecular formula is C20H21BrF3N3O5. The second-order valence-electron chi connectivity index (χ2n) is 7.49. The molecule has 0 spiro atoms. The summed E-state index contributed by atoms with van der Waals surface area (Å²) in [4.78, 5) is 22.7. The van der Waals surface area contributed by atoms with Gasteiger partial charge in [-0.15, -0.1) is 5.10 Å².